The zero-order valence-corrected chi connectivity index (χ0v) is 14.7. The highest BCUT2D eigenvalue weighted by Crippen LogP contribution is 2.27. The quantitative estimate of drug-likeness (QED) is 0.623. The Morgan fingerprint density at radius 2 is 2.12 bits per heavy atom. The zero-order valence-electron chi connectivity index (χ0n) is 14.7. The molecule has 6 nitrogen and oxygen atoms in total. The number of benzene rings is 1. The number of hydrogen-bond donors (Lipinski definition) is 2. The number of hydrogen-bond acceptors (Lipinski definition) is 4. The van der Waals surface area contributed by atoms with E-state index in [1.165, 1.54) is 5.56 Å². The van der Waals surface area contributed by atoms with Crippen LogP contribution in [0.3, 0.4) is 0 Å². The van der Waals surface area contributed by atoms with Crippen molar-refractivity contribution >= 4 is 5.96 Å². The molecule has 0 fully saturated rings. The number of ether oxygens (including phenoxy) is 2. The molecule has 1 aromatic heterocycles. The molecule has 1 aromatic carbocycles. The van der Waals surface area contributed by atoms with Crippen molar-refractivity contribution in [3.05, 3.63) is 53.7 Å². The molecular formula is C19H24N4O2. The third-order valence-corrected chi connectivity index (χ3v) is 3.94. The Labute approximate surface area is 148 Å². The SMILES string of the molecule is CCNC(=NCc1cccc(OC)n1)NCC1Cc2ccccc2O1. The first-order chi connectivity index (χ1) is 12.3. The third-order valence-electron chi connectivity index (χ3n) is 3.94. The summed E-state index contributed by atoms with van der Waals surface area (Å²) in [6.45, 7) is 4.02. The second-order valence-corrected chi connectivity index (χ2v) is 5.80. The summed E-state index contributed by atoms with van der Waals surface area (Å²) in [4.78, 5) is 8.97. The summed E-state index contributed by atoms with van der Waals surface area (Å²) in [7, 11) is 1.61. The van der Waals surface area contributed by atoms with E-state index >= 15 is 0 Å². The van der Waals surface area contributed by atoms with Crippen LogP contribution in [0.15, 0.2) is 47.5 Å². The lowest BCUT2D eigenvalue weighted by atomic mass is 10.1. The summed E-state index contributed by atoms with van der Waals surface area (Å²) in [6, 6.07) is 13.9. The van der Waals surface area contributed by atoms with Crippen LogP contribution in [0.5, 0.6) is 11.6 Å². The van der Waals surface area contributed by atoms with Gasteiger partial charge in [0.2, 0.25) is 5.88 Å². The number of fused-ring (bicyclic) bond motifs is 1. The minimum atomic E-state index is 0.121. The number of aromatic nitrogens is 1. The predicted molar refractivity (Wildman–Crippen MR) is 98.2 cm³/mol. The van der Waals surface area contributed by atoms with Crippen molar-refractivity contribution in [3.63, 3.8) is 0 Å². The van der Waals surface area contributed by atoms with Gasteiger partial charge >= 0.3 is 0 Å². The maximum atomic E-state index is 5.95. The van der Waals surface area contributed by atoms with E-state index in [1.807, 2.05) is 43.3 Å². The van der Waals surface area contributed by atoms with Gasteiger partial charge in [-0.05, 0) is 24.6 Å². The molecule has 2 N–H and O–H groups in total. The van der Waals surface area contributed by atoms with E-state index in [-0.39, 0.29) is 6.10 Å². The van der Waals surface area contributed by atoms with Crippen LogP contribution in [0.2, 0.25) is 0 Å². The number of methoxy groups -OCH3 is 1. The van der Waals surface area contributed by atoms with Gasteiger partial charge in [-0.3, -0.25) is 0 Å². The number of nitrogens with one attached hydrogen (secondary N) is 2. The lowest BCUT2D eigenvalue weighted by Gasteiger charge is -2.15. The number of rotatable bonds is 6. The number of nitrogens with zero attached hydrogens (tertiary/aromatic N) is 2. The first-order valence-corrected chi connectivity index (χ1v) is 8.55. The molecule has 2 aromatic rings. The van der Waals surface area contributed by atoms with Crippen molar-refractivity contribution in [3.8, 4) is 11.6 Å². The van der Waals surface area contributed by atoms with Crippen molar-refractivity contribution in [2.24, 2.45) is 4.99 Å². The maximum absolute atomic E-state index is 5.95. The number of aliphatic imine (C=N–C) groups is 1. The van der Waals surface area contributed by atoms with Crippen molar-refractivity contribution in [2.45, 2.75) is 26.0 Å². The first kappa shape index (κ1) is 17.1. The monoisotopic (exact) mass is 340 g/mol. The van der Waals surface area contributed by atoms with E-state index in [0.29, 0.717) is 19.0 Å². The lowest BCUT2D eigenvalue weighted by Crippen LogP contribution is -2.42. The van der Waals surface area contributed by atoms with Crippen molar-refractivity contribution < 1.29 is 9.47 Å². The highest BCUT2D eigenvalue weighted by molar-refractivity contribution is 5.79. The van der Waals surface area contributed by atoms with Gasteiger partial charge in [0.25, 0.3) is 0 Å². The summed E-state index contributed by atoms with van der Waals surface area (Å²) in [5, 5.41) is 6.60. The maximum Gasteiger partial charge on any atom is 0.213 e. The summed E-state index contributed by atoms with van der Waals surface area (Å²) >= 11 is 0. The highest BCUT2D eigenvalue weighted by Gasteiger charge is 2.22. The summed E-state index contributed by atoms with van der Waals surface area (Å²) < 4.78 is 11.1. The normalized spacial score (nSPS) is 16.1. The van der Waals surface area contributed by atoms with E-state index in [0.717, 1.165) is 30.4 Å². The Bertz CT molecular complexity index is 708. The van der Waals surface area contributed by atoms with Crippen LogP contribution in [0.25, 0.3) is 0 Å². The van der Waals surface area contributed by atoms with Gasteiger partial charge in [0.05, 0.1) is 25.9 Å². The molecule has 0 saturated heterocycles. The predicted octanol–water partition coefficient (Wildman–Crippen LogP) is 2.15. The molecule has 0 aliphatic carbocycles. The Balaban J connectivity index is 1.56. The molecule has 0 bridgehead atoms. The van der Waals surface area contributed by atoms with Gasteiger partial charge in [-0.25, -0.2) is 9.98 Å². The Kier molecular flexibility index (Phi) is 5.72. The Morgan fingerprint density at radius 3 is 2.92 bits per heavy atom. The molecule has 25 heavy (non-hydrogen) atoms. The van der Waals surface area contributed by atoms with Crippen LogP contribution in [0, 0.1) is 0 Å². The molecule has 1 atom stereocenters. The van der Waals surface area contributed by atoms with Crippen LogP contribution in [-0.4, -0.2) is 37.2 Å². The second-order valence-electron chi connectivity index (χ2n) is 5.80. The van der Waals surface area contributed by atoms with Crippen molar-refractivity contribution in [1.29, 1.82) is 0 Å². The van der Waals surface area contributed by atoms with Gasteiger partial charge in [-0.1, -0.05) is 24.3 Å². The van der Waals surface area contributed by atoms with Crippen LogP contribution in [0.4, 0.5) is 0 Å². The molecule has 132 valence electrons. The minimum absolute atomic E-state index is 0.121. The molecule has 0 amide bonds. The van der Waals surface area contributed by atoms with E-state index in [9.17, 15) is 0 Å². The average molecular weight is 340 g/mol. The van der Waals surface area contributed by atoms with Crippen LogP contribution < -0.4 is 20.1 Å². The highest BCUT2D eigenvalue weighted by atomic mass is 16.5. The third kappa shape index (κ3) is 4.62. The van der Waals surface area contributed by atoms with Gasteiger partial charge in [0.15, 0.2) is 5.96 Å². The second kappa shape index (κ2) is 8.37. The van der Waals surface area contributed by atoms with Crippen LogP contribution >= 0.6 is 0 Å². The lowest BCUT2D eigenvalue weighted by molar-refractivity contribution is 0.235. The Hall–Kier alpha value is -2.76. The van der Waals surface area contributed by atoms with E-state index in [4.69, 9.17) is 9.47 Å². The van der Waals surface area contributed by atoms with E-state index in [1.54, 1.807) is 7.11 Å². The minimum Gasteiger partial charge on any atom is -0.488 e. The molecule has 0 radical (unpaired) electrons. The summed E-state index contributed by atoms with van der Waals surface area (Å²) in [6.07, 6.45) is 1.04. The van der Waals surface area contributed by atoms with Gasteiger partial charge in [0, 0.05) is 19.0 Å². The van der Waals surface area contributed by atoms with Gasteiger partial charge in [0.1, 0.15) is 11.9 Å². The molecule has 1 unspecified atom stereocenters. The van der Waals surface area contributed by atoms with Gasteiger partial charge < -0.3 is 20.1 Å². The fourth-order valence-corrected chi connectivity index (χ4v) is 2.74. The number of guanidine groups is 1. The molecular weight excluding hydrogens is 316 g/mol. The van der Waals surface area contributed by atoms with Crippen LogP contribution in [-0.2, 0) is 13.0 Å². The fourth-order valence-electron chi connectivity index (χ4n) is 2.74. The molecule has 0 spiro atoms. The largest absolute Gasteiger partial charge is 0.488 e. The van der Waals surface area contributed by atoms with Crippen molar-refractivity contribution in [2.75, 3.05) is 20.2 Å². The van der Waals surface area contributed by atoms with E-state index in [2.05, 4.69) is 26.7 Å². The van der Waals surface area contributed by atoms with Crippen molar-refractivity contribution in [1.82, 2.24) is 15.6 Å². The number of para-hydroxylation sites is 1. The fraction of sp³-hybridized carbons (Fsp3) is 0.368. The zero-order chi connectivity index (χ0) is 17.5. The standard InChI is InChI=1S/C19H24N4O2/c1-3-20-19(21-12-15-8-6-10-18(23-15)24-2)22-13-16-11-14-7-4-5-9-17(14)25-16/h4-10,16H,3,11-13H2,1-2H3,(H2,20,21,22). The average Bonchev–Trinajstić information content (AvgIpc) is 3.07. The molecule has 1 aliphatic heterocycles. The van der Waals surface area contributed by atoms with Crippen LogP contribution in [0.1, 0.15) is 18.2 Å². The summed E-state index contributed by atoms with van der Waals surface area (Å²) in [5.74, 6) is 2.34. The molecule has 1 aliphatic rings. The summed E-state index contributed by atoms with van der Waals surface area (Å²) in [5.41, 5.74) is 2.12. The topological polar surface area (TPSA) is 67.8 Å². The smallest absolute Gasteiger partial charge is 0.213 e. The first-order valence-electron chi connectivity index (χ1n) is 8.55. The van der Waals surface area contributed by atoms with Gasteiger partial charge in [-0.2, -0.15) is 0 Å². The molecule has 0 saturated carbocycles. The molecule has 2 heterocycles. The molecule has 3 rings (SSSR count). The number of pyridine rings is 1. The van der Waals surface area contributed by atoms with Gasteiger partial charge in [-0.15, -0.1) is 0 Å². The Morgan fingerprint density at radius 1 is 1.24 bits per heavy atom. The molecule has 6 heteroatoms. The van der Waals surface area contributed by atoms with E-state index < -0.39 is 0 Å².